The Morgan fingerprint density at radius 3 is 3.07 bits per heavy atom. The molecule has 2 aromatic rings. The van der Waals surface area contributed by atoms with E-state index in [1.807, 2.05) is 13.0 Å². The number of aryl methyl sites for hydroxylation is 1. The van der Waals surface area contributed by atoms with Gasteiger partial charge in [-0.1, -0.05) is 11.8 Å². The second kappa shape index (κ2) is 4.46. The van der Waals surface area contributed by atoms with Crippen LogP contribution in [-0.4, -0.2) is 9.36 Å². The first-order chi connectivity index (χ1) is 6.74. The first-order valence-electron chi connectivity index (χ1n) is 3.90. The molecular weight excluding hydrogens is 284 g/mol. The van der Waals surface area contributed by atoms with Crippen LogP contribution in [0, 0.1) is 6.92 Å². The highest BCUT2D eigenvalue weighted by atomic mass is 79.9. The lowest BCUT2D eigenvalue weighted by Gasteiger charge is -1.90. The molecule has 0 fully saturated rings. The zero-order chi connectivity index (χ0) is 9.97. The number of furan rings is 1. The van der Waals surface area contributed by atoms with E-state index in [2.05, 4.69) is 25.3 Å². The Labute approximate surface area is 98.2 Å². The molecule has 0 atom stereocenters. The van der Waals surface area contributed by atoms with Gasteiger partial charge in [-0.05, 0) is 40.5 Å². The molecule has 0 aliphatic carbocycles. The fourth-order valence-corrected chi connectivity index (χ4v) is 2.85. The van der Waals surface area contributed by atoms with Crippen molar-refractivity contribution in [1.29, 1.82) is 0 Å². The van der Waals surface area contributed by atoms with Crippen molar-refractivity contribution in [3.05, 3.63) is 28.4 Å². The van der Waals surface area contributed by atoms with Crippen LogP contribution in [0.1, 0.15) is 11.4 Å². The Kier molecular flexibility index (Phi) is 3.25. The number of rotatable bonds is 3. The maximum absolute atomic E-state index is 5.13. The topological polar surface area (TPSA) is 38.9 Å². The molecule has 0 saturated carbocycles. The van der Waals surface area contributed by atoms with Crippen molar-refractivity contribution in [2.45, 2.75) is 17.0 Å². The van der Waals surface area contributed by atoms with Gasteiger partial charge < -0.3 is 4.42 Å². The summed E-state index contributed by atoms with van der Waals surface area (Å²) in [6, 6.07) is 1.96. The van der Waals surface area contributed by atoms with E-state index in [1.54, 1.807) is 18.0 Å². The van der Waals surface area contributed by atoms with Gasteiger partial charge in [0.1, 0.15) is 5.82 Å². The smallest absolute Gasteiger partial charge is 0.170 e. The van der Waals surface area contributed by atoms with Crippen molar-refractivity contribution in [3.63, 3.8) is 0 Å². The minimum absolute atomic E-state index is 0.765. The Balaban J connectivity index is 1.94. The number of halogens is 1. The first-order valence-corrected chi connectivity index (χ1v) is 6.45. The van der Waals surface area contributed by atoms with Crippen LogP contribution in [0.15, 0.2) is 25.8 Å². The SMILES string of the molecule is Cc1nsc(SCc2coc(Br)c2)n1. The van der Waals surface area contributed by atoms with Crippen LogP contribution in [0.3, 0.4) is 0 Å². The Bertz CT molecular complexity index is 386. The highest BCUT2D eigenvalue weighted by Crippen LogP contribution is 2.26. The third kappa shape index (κ3) is 2.59. The molecule has 0 unspecified atom stereocenters. The average molecular weight is 291 g/mol. The number of aromatic nitrogens is 2. The largest absolute Gasteiger partial charge is 0.457 e. The molecule has 0 radical (unpaired) electrons. The Morgan fingerprint density at radius 2 is 2.50 bits per heavy atom. The molecule has 3 nitrogen and oxygen atoms in total. The quantitative estimate of drug-likeness (QED) is 0.811. The van der Waals surface area contributed by atoms with Crippen molar-refractivity contribution >= 4 is 39.2 Å². The number of thioether (sulfide) groups is 1. The molecule has 0 N–H and O–H groups in total. The first kappa shape index (κ1) is 10.2. The molecule has 14 heavy (non-hydrogen) atoms. The maximum atomic E-state index is 5.13. The molecule has 0 bridgehead atoms. The van der Waals surface area contributed by atoms with E-state index in [-0.39, 0.29) is 0 Å². The summed E-state index contributed by atoms with van der Waals surface area (Å²) in [5.41, 5.74) is 1.15. The zero-order valence-electron chi connectivity index (χ0n) is 7.36. The van der Waals surface area contributed by atoms with Gasteiger partial charge in [0.2, 0.25) is 0 Å². The van der Waals surface area contributed by atoms with E-state index >= 15 is 0 Å². The maximum Gasteiger partial charge on any atom is 0.170 e. The second-order valence-corrected chi connectivity index (χ2v) is 5.41. The predicted octanol–water partition coefficient (Wildman–Crippen LogP) is 3.49. The van der Waals surface area contributed by atoms with Gasteiger partial charge >= 0.3 is 0 Å². The number of hydrogen-bond donors (Lipinski definition) is 0. The van der Waals surface area contributed by atoms with Crippen LogP contribution in [0.4, 0.5) is 0 Å². The van der Waals surface area contributed by atoms with Gasteiger partial charge in [0.15, 0.2) is 9.01 Å². The monoisotopic (exact) mass is 290 g/mol. The second-order valence-electron chi connectivity index (χ2n) is 2.66. The van der Waals surface area contributed by atoms with Crippen molar-refractivity contribution < 1.29 is 4.42 Å². The van der Waals surface area contributed by atoms with E-state index in [0.717, 1.165) is 26.1 Å². The van der Waals surface area contributed by atoms with E-state index in [1.165, 1.54) is 11.5 Å². The molecule has 6 heteroatoms. The molecule has 0 spiro atoms. The van der Waals surface area contributed by atoms with Crippen molar-refractivity contribution in [3.8, 4) is 0 Å². The van der Waals surface area contributed by atoms with Crippen molar-refractivity contribution in [2.75, 3.05) is 0 Å². The highest BCUT2D eigenvalue weighted by Gasteiger charge is 2.03. The summed E-state index contributed by atoms with van der Waals surface area (Å²) in [5.74, 6) is 1.70. The van der Waals surface area contributed by atoms with Gasteiger partial charge in [-0.15, -0.1) is 0 Å². The lowest BCUT2D eigenvalue weighted by Crippen LogP contribution is -1.75. The molecule has 0 aromatic carbocycles. The summed E-state index contributed by atoms with van der Waals surface area (Å²) >= 11 is 6.37. The lowest BCUT2D eigenvalue weighted by molar-refractivity contribution is 0.539. The summed E-state index contributed by atoms with van der Waals surface area (Å²) in [5, 5.41) is 0. The van der Waals surface area contributed by atoms with E-state index in [0.29, 0.717) is 0 Å². The highest BCUT2D eigenvalue weighted by molar-refractivity contribution is 9.10. The fraction of sp³-hybridized carbons (Fsp3) is 0.250. The van der Waals surface area contributed by atoms with Gasteiger partial charge in [0.25, 0.3) is 0 Å². The summed E-state index contributed by atoms with van der Waals surface area (Å²) < 4.78 is 11.0. The van der Waals surface area contributed by atoms with Gasteiger partial charge in [-0.25, -0.2) is 4.98 Å². The molecule has 0 aliphatic rings. The predicted molar refractivity (Wildman–Crippen MR) is 60.6 cm³/mol. The molecule has 2 aromatic heterocycles. The summed E-state index contributed by atoms with van der Waals surface area (Å²) in [6.45, 7) is 1.90. The average Bonchev–Trinajstić information content (AvgIpc) is 2.72. The Hall–Kier alpha value is -0.330. The van der Waals surface area contributed by atoms with E-state index in [4.69, 9.17) is 4.42 Å². The lowest BCUT2D eigenvalue weighted by atomic mass is 10.4. The minimum Gasteiger partial charge on any atom is -0.457 e. The van der Waals surface area contributed by atoms with Gasteiger partial charge in [0, 0.05) is 11.3 Å². The normalized spacial score (nSPS) is 10.7. The summed E-state index contributed by atoms with van der Waals surface area (Å²) in [7, 11) is 0. The third-order valence-electron chi connectivity index (χ3n) is 1.49. The molecule has 0 aliphatic heterocycles. The van der Waals surface area contributed by atoms with Crippen molar-refractivity contribution in [1.82, 2.24) is 9.36 Å². The fourth-order valence-electron chi connectivity index (χ4n) is 0.903. The number of hydrogen-bond acceptors (Lipinski definition) is 5. The van der Waals surface area contributed by atoms with Crippen LogP contribution < -0.4 is 0 Å². The third-order valence-corrected chi connectivity index (χ3v) is 3.90. The summed E-state index contributed by atoms with van der Waals surface area (Å²) in [4.78, 5) is 4.26. The molecule has 0 saturated heterocycles. The van der Waals surface area contributed by atoms with E-state index < -0.39 is 0 Å². The molecular formula is C8H7BrN2OS2. The summed E-state index contributed by atoms with van der Waals surface area (Å²) in [6.07, 6.45) is 1.74. The van der Waals surface area contributed by atoms with Crippen LogP contribution in [0.5, 0.6) is 0 Å². The Morgan fingerprint density at radius 1 is 1.64 bits per heavy atom. The molecule has 74 valence electrons. The number of nitrogens with zero attached hydrogens (tertiary/aromatic N) is 2. The van der Waals surface area contributed by atoms with Gasteiger partial charge in [-0.2, -0.15) is 4.37 Å². The van der Waals surface area contributed by atoms with Crippen LogP contribution in [0.25, 0.3) is 0 Å². The van der Waals surface area contributed by atoms with Crippen molar-refractivity contribution in [2.24, 2.45) is 0 Å². The van der Waals surface area contributed by atoms with E-state index in [9.17, 15) is 0 Å². The van der Waals surface area contributed by atoms with Crippen LogP contribution >= 0.6 is 39.2 Å². The molecule has 0 amide bonds. The standard InChI is InChI=1S/C8H7BrN2OS2/c1-5-10-8(14-11-5)13-4-6-2-7(9)12-3-6/h2-3H,4H2,1H3. The molecule has 2 rings (SSSR count). The molecule has 2 heterocycles. The minimum atomic E-state index is 0.765. The van der Waals surface area contributed by atoms with Crippen LogP contribution in [-0.2, 0) is 5.75 Å². The van der Waals surface area contributed by atoms with Crippen LogP contribution in [0.2, 0.25) is 0 Å². The van der Waals surface area contributed by atoms with Gasteiger partial charge in [-0.3, -0.25) is 0 Å². The zero-order valence-corrected chi connectivity index (χ0v) is 10.6. The van der Waals surface area contributed by atoms with Gasteiger partial charge in [0.05, 0.1) is 6.26 Å².